The molecule has 0 radical (unpaired) electrons. The molecule has 3 aromatic heterocycles. The molecule has 4 rings (SSSR count). The van der Waals surface area contributed by atoms with Gasteiger partial charge in [0, 0.05) is 38.1 Å². The van der Waals surface area contributed by atoms with Gasteiger partial charge < -0.3 is 14.1 Å². The van der Waals surface area contributed by atoms with Crippen molar-refractivity contribution in [1.82, 2.24) is 24.6 Å². The molecule has 0 spiro atoms. The fourth-order valence-corrected chi connectivity index (χ4v) is 3.59. The van der Waals surface area contributed by atoms with Gasteiger partial charge >= 0.3 is 0 Å². The molecule has 1 aliphatic rings. The van der Waals surface area contributed by atoms with E-state index in [1.165, 1.54) is 0 Å². The van der Waals surface area contributed by atoms with Crippen molar-refractivity contribution >= 4 is 0 Å². The van der Waals surface area contributed by atoms with E-state index in [2.05, 4.69) is 20.1 Å². The van der Waals surface area contributed by atoms with E-state index >= 15 is 0 Å². The van der Waals surface area contributed by atoms with E-state index in [4.69, 9.17) is 4.42 Å². The maximum absolute atomic E-state index is 10.7. The number of aromatic nitrogens is 4. The Balaban J connectivity index is 1.41. The van der Waals surface area contributed by atoms with Crippen molar-refractivity contribution in [2.24, 2.45) is 13.0 Å². The van der Waals surface area contributed by atoms with Crippen molar-refractivity contribution in [2.75, 3.05) is 13.1 Å². The summed E-state index contributed by atoms with van der Waals surface area (Å²) in [4.78, 5) is 6.64. The van der Waals surface area contributed by atoms with Gasteiger partial charge in [-0.15, -0.1) is 0 Å². The Labute approximate surface area is 146 Å². The number of likely N-dealkylation sites (tertiary alicyclic amines) is 1. The first-order valence-corrected chi connectivity index (χ1v) is 8.67. The summed E-state index contributed by atoms with van der Waals surface area (Å²) in [5.74, 6) is 2.66. The summed E-state index contributed by atoms with van der Waals surface area (Å²) < 4.78 is 7.82. The minimum atomic E-state index is -0.528. The van der Waals surface area contributed by atoms with E-state index in [1.807, 2.05) is 36.0 Å². The molecule has 0 aliphatic carbocycles. The Hall–Kier alpha value is -2.38. The molecule has 0 unspecified atom stereocenters. The van der Waals surface area contributed by atoms with Crippen LogP contribution in [-0.2, 0) is 13.6 Å². The van der Waals surface area contributed by atoms with Crippen molar-refractivity contribution < 1.29 is 9.52 Å². The Kier molecular flexibility index (Phi) is 4.42. The lowest BCUT2D eigenvalue weighted by atomic mass is 9.92. The third-order valence-corrected chi connectivity index (χ3v) is 4.92. The Morgan fingerprint density at radius 3 is 3.04 bits per heavy atom. The number of hydrogen-bond donors (Lipinski definition) is 2. The van der Waals surface area contributed by atoms with Crippen LogP contribution in [0.25, 0.3) is 11.5 Å². The molecule has 132 valence electrons. The highest BCUT2D eigenvalue weighted by atomic mass is 16.3. The predicted molar refractivity (Wildman–Crippen MR) is 92.5 cm³/mol. The number of aliphatic hydroxyl groups is 1. The molecule has 4 heterocycles. The van der Waals surface area contributed by atoms with Gasteiger partial charge in [0.05, 0.1) is 6.54 Å². The molecule has 0 aromatic carbocycles. The number of H-pyrrole nitrogens is 1. The number of piperidine rings is 1. The highest BCUT2D eigenvalue weighted by molar-refractivity contribution is 5.51. The van der Waals surface area contributed by atoms with Gasteiger partial charge in [-0.2, -0.15) is 5.10 Å². The molecule has 0 amide bonds. The van der Waals surface area contributed by atoms with Crippen LogP contribution in [0.5, 0.6) is 0 Å². The number of nitrogens with one attached hydrogen (secondary N) is 1. The molecule has 7 heteroatoms. The molecular weight excluding hydrogens is 318 g/mol. The number of hydrogen-bond acceptors (Lipinski definition) is 5. The van der Waals surface area contributed by atoms with Crippen LogP contribution in [0.2, 0.25) is 0 Å². The van der Waals surface area contributed by atoms with Gasteiger partial charge in [0.1, 0.15) is 23.4 Å². The predicted octanol–water partition coefficient (Wildman–Crippen LogP) is 2.35. The van der Waals surface area contributed by atoms with Crippen LogP contribution < -0.4 is 0 Å². The molecular formula is C18H23N5O2. The summed E-state index contributed by atoms with van der Waals surface area (Å²) in [7, 11) is 1.92. The molecule has 2 atom stereocenters. The molecule has 25 heavy (non-hydrogen) atoms. The number of furan rings is 1. The van der Waals surface area contributed by atoms with Crippen LogP contribution in [0, 0.1) is 5.92 Å². The molecule has 1 fully saturated rings. The van der Waals surface area contributed by atoms with E-state index in [9.17, 15) is 5.11 Å². The van der Waals surface area contributed by atoms with Crippen molar-refractivity contribution in [2.45, 2.75) is 25.5 Å². The second-order valence-electron chi connectivity index (χ2n) is 6.71. The fraction of sp³-hybridized carbons (Fsp3) is 0.444. The van der Waals surface area contributed by atoms with E-state index in [-0.39, 0.29) is 5.92 Å². The zero-order valence-corrected chi connectivity index (χ0v) is 14.3. The molecule has 0 bridgehead atoms. The third-order valence-electron chi connectivity index (χ3n) is 4.92. The van der Waals surface area contributed by atoms with E-state index < -0.39 is 6.10 Å². The van der Waals surface area contributed by atoms with Gasteiger partial charge in [-0.25, -0.2) is 4.98 Å². The number of aryl methyl sites for hydroxylation is 1. The second kappa shape index (κ2) is 6.85. The Morgan fingerprint density at radius 1 is 1.36 bits per heavy atom. The maximum atomic E-state index is 10.7. The molecule has 1 saturated heterocycles. The van der Waals surface area contributed by atoms with E-state index in [1.54, 1.807) is 12.4 Å². The lowest BCUT2D eigenvalue weighted by Crippen LogP contribution is -2.37. The number of imidazole rings is 1. The zero-order valence-electron chi connectivity index (χ0n) is 14.3. The van der Waals surface area contributed by atoms with Gasteiger partial charge in [0.15, 0.2) is 5.76 Å². The van der Waals surface area contributed by atoms with Crippen LogP contribution in [-0.4, -0.2) is 42.8 Å². The molecule has 7 nitrogen and oxygen atoms in total. The monoisotopic (exact) mass is 341 g/mol. The average molecular weight is 341 g/mol. The summed E-state index contributed by atoms with van der Waals surface area (Å²) in [5.41, 5.74) is 0.882. The summed E-state index contributed by atoms with van der Waals surface area (Å²) in [6.45, 7) is 2.61. The van der Waals surface area contributed by atoms with Crippen LogP contribution in [0.15, 0.2) is 41.2 Å². The topological polar surface area (TPSA) is 83.1 Å². The van der Waals surface area contributed by atoms with Crippen LogP contribution in [0.1, 0.15) is 30.5 Å². The largest absolute Gasteiger partial charge is 0.458 e. The minimum absolute atomic E-state index is 0.192. The summed E-state index contributed by atoms with van der Waals surface area (Å²) in [6.07, 6.45) is 6.88. The highest BCUT2D eigenvalue weighted by Gasteiger charge is 2.29. The minimum Gasteiger partial charge on any atom is -0.458 e. The maximum Gasteiger partial charge on any atom is 0.152 e. The lowest BCUT2D eigenvalue weighted by molar-refractivity contribution is 0.0384. The highest BCUT2D eigenvalue weighted by Crippen LogP contribution is 2.30. The standard InChI is InChI=1S/C18H23N5O2/c1-22-10-8-19-18(22)17(24)13-3-2-9-23(11-13)12-14-4-5-16(25-14)15-6-7-20-21-15/h4-8,10,13,17,24H,2-3,9,11-12H2,1H3,(H,20,21)/t13-,17+/m0/s1. The van der Waals surface area contributed by atoms with Gasteiger partial charge in [-0.1, -0.05) is 0 Å². The summed E-state index contributed by atoms with van der Waals surface area (Å²) in [5, 5.41) is 17.6. The lowest BCUT2D eigenvalue weighted by Gasteiger charge is -2.34. The third kappa shape index (κ3) is 3.38. The van der Waals surface area contributed by atoms with Crippen LogP contribution >= 0.6 is 0 Å². The van der Waals surface area contributed by atoms with Gasteiger partial charge in [-0.05, 0) is 37.6 Å². The van der Waals surface area contributed by atoms with Gasteiger partial charge in [0.2, 0.25) is 0 Å². The molecule has 3 aromatic rings. The number of aromatic amines is 1. The normalized spacial score (nSPS) is 20.0. The van der Waals surface area contributed by atoms with E-state index in [0.717, 1.165) is 55.5 Å². The van der Waals surface area contributed by atoms with Crippen LogP contribution in [0.4, 0.5) is 0 Å². The van der Waals surface area contributed by atoms with Gasteiger partial charge in [-0.3, -0.25) is 10.00 Å². The van der Waals surface area contributed by atoms with E-state index in [0.29, 0.717) is 0 Å². The first-order chi connectivity index (χ1) is 12.2. The summed E-state index contributed by atoms with van der Waals surface area (Å²) >= 11 is 0. The zero-order chi connectivity index (χ0) is 17.2. The second-order valence-corrected chi connectivity index (χ2v) is 6.71. The average Bonchev–Trinajstić information content (AvgIpc) is 3.35. The Morgan fingerprint density at radius 2 is 2.28 bits per heavy atom. The first kappa shape index (κ1) is 16.1. The van der Waals surface area contributed by atoms with Crippen molar-refractivity contribution in [3.8, 4) is 11.5 Å². The number of nitrogens with zero attached hydrogens (tertiary/aromatic N) is 4. The smallest absolute Gasteiger partial charge is 0.152 e. The van der Waals surface area contributed by atoms with Gasteiger partial charge in [0.25, 0.3) is 0 Å². The first-order valence-electron chi connectivity index (χ1n) is 8.67. The fourth-order valence-electron chi connectivity index (χ4n) is 3.59. The molecule has 2 N–H and O–H groups in total. The number of aliphatic hydroxyl groups excluding tert-OH is 1. The quantitative estimate of drug-likeness (QED) is 0.744. The number of rotatable bonds is 5. The van der Waals surface area contributed by atoms with Crippen molar-refractivity contribution in [1.29, 1.82) is 0 Å². The summed E-state index contributed by atoms with van der Waals surface area (Å²) in [6, 6.07) is 5.87. The van der Waals surface area contributed by atoms with Crippen molar-refractivity contribution in [3.63, 3.8) is 0 Å². The van der Waals surface area contributed by atoms with Crippen molar-refractivity contribution in [3.05, 3.63) is 48.4 Å². The molecule has 0 saturated carbocycles. The Bertz CT molecular complexity index is 807. The SMILES string of the molecule is Cn1ccnc1[C@H](O)[C@H]1CCCN(Cc2ccc(-c3ccn[nH]3)o2)C1. The van der Waals surface area contributed by atoms with Crippen LogP contribution in [0.3, 0.4) is 0 Å². The molecule has 1 aliphatic heterocycles.